The predicted octanol–water partition coefficient (Wildman–Crippen LogP) is 2.04. The Labute approximate surface area is 169 Å². The lowest BCUT2D eigenvalue weighted by Gasteiger charge is -2.25. The maximum atomic E-state index is 11.8. The third-order valence-corrected chi connectivity index (χ3v) is 6.50. The summed E-state index contributed by atoms with van der Waals surface area (Å²) in [7, 11) is -3.80. The van der Waals surface area contributed by atoms with Gasteiger partial charge in [0.25, 0.3) is 0 Å². The van der Waals surface area contributed by atoms with Crippen molar-refractivity contribution >= 4 is 32.7 Å². The minimum Gasteiger partial charge on any atom is -0.328 e. The average molecular weight is 416 g/mol. The van der Waals surface area contributed by atoms with Gasteiger partial charge in [0.15, 0.2) is 5.65 Å². The minimum atomic E-state index is -3.80. The van der Waals surface area contributed by atoms with Gasteiger partial charge in [-0.15, -0.1) is 0 Å². The summed E-state index contributed by atoms with van der Waals surface area (Å²) < 4.78 is 25.4. The van der Waals surface area contributed by atoms with E-state index in [1.54, 1.807) is 31.5 Å². The number of primary sulfonamides is 1. The number of sulfonamides is 1. The zero-order valence-electron chi connectivity index (χ0n) is 16.2. The van der Waals surface area contributed by atoms with Gasteiger partial charge in [-0.1, -0.05) is 6.07 Å². The molecule has 0 amide bonds. The topological polar surface area (TPSA) is 142 Å². The maximum Gasteiger partial charge on any atom is 0.238 e. The minimum absolute atomic E-state index is 0.0733. The van der Waals surface area contributed by atoms with Gasteiger partial charge in [-0.2, -0.15) is 10.1 Å². The van der Waals surface area contributed by atoms with Crippen molar-refractivity contribution < 1.29 is 8.42 Å². The normalized spacial score (nSPS) is 20.1. The number of fused-ring (bicyclic) bond motifs is 1. The summed E-state index contributed by atoms with van der Waals surface area (Å²) in [6.07, 6.45) is 7.76. The second kappa shape index (κ2) is 7.69. The van der Waals surface area contributed by atoms with Gasteiger partial charge >= 0.3 is 0 Å². The first-order chi connectivity index (χ1) is 13.8. The molecule has 0 atom stereocenters. The van der Waals surface area contributed by atoms with Crippen LogP contribution in [0, 0.1) is 12.8 Å². The molecule has 3 aromatic rings. The molecule has 29 heavy (non-hydrogen) atoms. The monoisotopic (exact) mass is 415 g/mol. The largest absolute Gasteiger partial charge is 0.328 e. The van der Waals surface area contributed by atoms with E-state index in [-0.39, 0.29) is 4.90 Å². The highest BCUT2D eigenvalue weighted by Gasteiger charge is 2.20. The molecule has 154 valence electrons. The average Bonchev–Trinajstić information content (AvgIpc) is 3.06. The number of hydrogen-bond donors (Lipinski definition) is 3. The van der Waals surface area contributed by atoms with Crippen molar-refractivity contribution in [1.82, 2.24) is 19.7 Å². The van der Waals surface area contributed by atoms with Crippen LogP contribution in [0.5, 0.6) is 0 Å². The molecule has 5 N–H and O–H groups in total. The highest BCUT2D eigenvalue weighted by molar-refractivity contribution is 7.89. The van der Waals surface area contributed by atoms with Crippen LogP contribution < -0.4 is 16.2 Å². The Morgan fingerprint density at radius 3 is 2.69 bits per heavy atom. The number of nitrogens with one attached hydrogen (secondary N) is 1. The second-order valence-electron chi connectivity index (χ2n) is 7.73. The lowest BCUT2D eigenvalue weighted by atomic mass is 9.86. The molecule has 0 radical (unpaired) electrons. The van der Waals surface area contributed by atoms with E-state index in [2.05, 4.69) is 20.4 Å². The standard InChI is InChI=1S/C19H25N7O2S/c1-12-2-7-16(8-17(12)29(21,27)28)24-19-22-9-14-10-23-26(18(14)25-19)11-13-3-5-15(20)6-4-13/h2,7-10,13,15H,3-6,11,20H2,1H3,(H2,21,27,28)(H,22,24,25). The van der Waals surface area contributed by atoms with Gasteiger partial charge in [-0.25, -0.2) is 23.2 Å². The third-order valence-electron chi connectivity index (χ3n) is 5.45. The van der Waals surface area contributed by atoms with Crippen LogP contribution in [0.3, 0.4) is 0 Å². The number of rotatable bonds is 5. The van der Waals surface area contributed by atoms with Gasteiger partial charge in [0, 0.05) is 24.5 Å². The molecular weight excluding hydrogens is 390 g/mol. The maximum absolute atomic E-state index is 11.8. The smallest absolute Gasteiger partial charge is 0.238 e. The Bertz CT molecular complexity index is 1130. The predicted molar refractivity (Wildman–Crippen MR) is 111 cm³/mol. The van der Waals surface area contributed by atoms with Crippen LogP contribution in [0.4, 0.5) is 11.6 Å². The van der Waals surface area contributed by atoms with Crippen LogP contribution in [0.25, 0.3) is 11.0 Å². The van der Waals surface area contributed by atoms with Gasteiger partial charge in [-0.05, 0) is 56.2 Å². The van der Waals surface area contributed by atoms with E-state index in [1.807, 2.05) is 4.68 Å². The summed E-state index contributed by atoms with van der Waals surface area (Å²) in [5, 5.41) is 13.7. The van der Waals surface area contributed by atoms with Crippen molar-refractivity contribution in [2.75, 3.05) is 5.32 Å². The molecular formula is C19H25N7O2S. The molecule has 2 heterocycles. The van der Waals surface area contributed by atoms with Gasteiger partial charge in [0.2, 0.25) is 16.0 Å². The number of aromatic nitrogens is 4. The summed E-state index contributed by atoms with van der Waals surface area (Å²) in [5.74, 6) is 0.910. The van der Waals surface area contributed by atoms with Crippen molar-refractivity contribution in [3.8, 4) is 0 Å². The molecule has 1 aliphatic rings. The first kappa shape index (κ1) is 19.7. The molecule has 1 aliphatic carbocycles. The Morgan fingerprint density at radius 1 is 1.21 bits per heavy atom. The Hall–Kier alpha value is -2.56. The fourth-order valence-electron chi connectivity index (χ4n) is 3.79. The lowest BCUT2D eigenvalue weighted by Crippen LogP contribution is -2.28. The Kier molecular flexibility index (Phi) is 5.24. The number of nitrogens with two attached hydrogens (primary N) is 2. The number of aryl methyl sites for hydroxylation is 1. The number of anilines is 2. The molecule has 4 rings (SSSR count). The number of hydrogen-bond acceptors (Lipinski definition) is 7. The van der Waals surface area contributed by atoms with E-state index in [9.17, 15) is 8.42 Å². The SMILES string of the molecule is Cc1ccc(Nc2ncc3cnn(CC4CCC(N)CC4)c3n2)cc1S(N)(=O)=O. The van der Waals surface area contributed by atoms with Gasteiger partial charge in [0.05, 0.1) is 16.5 Å². The molecule has 2 aromatic heterocycles. The fraction of sp³-hybridized carbons (Fsp3) is 0.421. The highest BCUT2D eigenvalue weighted by atomic mass is 32.2. The molecule has 0 bridgehead atoms. The summed E-state index contributed by atoms with van der Waals surface area (Å²) >= 11 is 0. The van der Waals surface area contributed by atoms with E-state index in [1.165, 1.54) is 6.07 Å². The fourth-order valence-corrected chi connectivity index (χ4v) is 4.60. The van der Waals surface area contributed by atoms with Crippen molar-refractivity contribution in [3.05, 3.63) is 36.2 Å². The van der Waals surface area contributed by atoms with Gasteiger partial charge in [0.1, 0.15) is 0 Å². The van der Waals surface area contributed by atoms with Crippen molar-refractivity contribution in [2.45, 2.75) is 50.1 Å². The first-order valence-corrected chi connectivity index (χ1v) is 11.2. The second-order valence-corrected chi connectivity index (χ2v) is 9.26. The van der Waals surface area contributed by atoms with Crippen LogP contribution in [0.2, 0.25) is 0 Å². The molecule has 1 fully saturated rings. The third kappa shape index (κ3) is 4.39. The number of nitrogens with zero attached hydrogens (tertiary/aromatic N) is 4. The van der Waals surface area contributed by atoms with E-state index < -0.39 is 10.0 Å². The summed E-state index contributed by atoms with van der Waals surface area (Å²) in [4.78, 5) is 8.99. The zero-order chi connectivity index (χ0) is 20.6. The van der Waals surface area contributed by atoms with Crippen LogP contribution in [-0.2, 0) is 16.6 Å². The van der Waals surface area contributed by atoms with Crippen molar-refractivity contribution in [3.63, 3.8) is 0 Å². The molecule has 0 saturated heterocycles. The first-order valence-electron chi connectivity index (χ1n) is 9.64. The quantitative estimate of drug-likeness (QED) is 0.579. The molecule has 1 aromatic carbocycles. The van der Waals surface area contributed by atoms with E-state index in [0.29, 0.717) is 29.2 Å². The van der Waals surface area contributed by atoms with Crippen LogP contribution in [0.1, 0.15) is 31.2 Å². The number of benzene rings is 1. The van der Waals surface area contributed by atoms with E-state index >= 15 is 0 Å². The Morgan fingerprint density at radius 2 is 1.97 bits per heavy atom. The van der Waals surface area contributed by atoms with Crippen LogP contribution >= 0.6 is 0 Å². The van der Waals surface area contributed by atoms with E-state index in [4.69, 9.17) is 10.9 Å². The van der Waals surface area contributed by atoms with Crippen molar-refractivity contribution in [1.29, 1.82) is 0 Å². The van der Waals surface area contributed by atoms with E-state index in [0.717, 1.165) is 43.3 Å². The molecule has 0 aliphatic heterocycles. The molecule has 10 heteroatoms. The zero-order valence-corrected chi connectivity index (χ0v) is 17.1. The van der Waals surface area contributed by atoms with Crippen LogP contribution in [0.15, 0.2) is 35.5 Å². The summed E-state index contributed by atoms with van der Waals surface area (Å²) in [5.41, 5.74) is 7.88. The summed E-state index contributed by atoms with van der Waals surface area (Å²) in [6.45, 7) is 2.50. The lowest BCUT2D eigenvalue weighted by molar-refractivity contribution is 0.288. The molecule has 0 unspecified atom stereocenters. The van der Waals surface area contributed by atoms with Gasteiger partial charge in [-0.3, -0.25) is 0 Å². The Balaban J connectivity index is 1.58. The highest BCUT2D eigenvalue weighted by Crippen LogP contribution is 2.26. The molecule has 9 nitrogen and oxygen atoms in total. The van der Waals surface area contributed by atoms with Crippen molar-refractivity contribution in [2.24, 2.45) is 16.8 Å². The van der Waals surface area contributed by atoms with Crippen LogP contribution in [-0.4, -0.2) is 34.2 Å². The molecule has 1 saturated carbocycles. The summed E-state index contributed by atoms with van der Waals surface area (Å²) in [6, 6.07) is 5.26. The molecule has 0 spiro atoms. The van der Waals surface area contributed by atoms with Gasteiger partial charge < -0.3 is 11.1 Å².